The van der Waals surface area contributed by atoms with Crippen LogP contribution in [-0.4, -0.2) is 47.9 Å². The van der Waals surface area contributed by atoms with E-state index in [1.165, 1.54) is 0 Å². The van der Waals surface area contributed by atoms with Crippen molar-refractivity contribution in [3.8, 4) is 11.3 Å². The second kappa shape index (κ2) is 13.4. The lowest BCUT2D eigenvalue weighted by Gasteiger charge is -2.32. The monoisotopic (exact) mass is 592 g/mol. The van der Waals surface area contributed by atoms with Crippen molar-refractivity contribution >= 4 is 36.8 Å². The maximum atomic E-state index is 13.4. The summed E-state index contributed by atoms with van der Waals surface area (Å²) in [5.74, 6) is 0.283. The molecule has 2 N–H and O–H groups in total. The van der Waals surface area contributed by atoms with Crippen LogP contribution in [0.25, 0.3) is 22.3 Å². The Morgan fingerprint density at radius 1 is 1.07 bits per heavy atom. The van der Waals surface area contributed by atoms with Gasteiger partial charge < -0.3 is 24.7 Å². The fourth-order valence-corrected chi connectivity index (χ4v) is 6.25. The predicted octanol–water partition coefficient (Wildman–Crippen LogP) is 7.67. The van der Waals surface area contributed by atoms with E-state index in [0.29, 0.717) is 19.3 Å². The Bertz CT molecular complexity index is 1350. The summed E-state index contributed by atoms with van der Waals surface area (Å²) in [6.07, 6.45) is 4.69. The van der Waals surface area contributed by atoms with Crippen LogP contribution in [0.15, 0.2) is 48.7 Å². The lowest BCUT2D eigenvalue weighted by atomic mass is 9.78. The zero-order valence-electron chi connectivity index (χ0n) is 26.3. The van der Waals surface area contributed by atoms with E-state index in [1.807, 2.05) is 52.0 Å². The number of benzene rings is 1. The lowest BCUT2D eigenvalue weighted by molar-refractivity contribution is -0.121. The Morgan fingerprint density at radius 3 is 2.40 bits per heavy atom. The topological polar surface area (TPSA) is 94.5 Å². The summed E-state index contributed by atoms with van der Waals surface area (Å²) in [7, 11) is -1.20. The first-order valence-corrected chi connectivity index (χ1v) is 18.9. The third-order valence-electron chi connectivity index (χ3n) is 7.93. The number of carbonyl (C=O) groups is 2. The minimum atomic E-state index is -1.20. The molecular weight excluding hydrogens is 544 g/mol. The normalized spacial score (nSPS) is 18.5. The highest BCUT2D eigenvalue weighted by Gasteiger charge is 2.31. The zero-order chi connectivity index (χ0) is 30.5. The minimum Gasteiger partial charge on any atom is -0.444 e. The Labute approximate surface area is 251 Å². The molecule has 1 aliphatic rings. The number of fused-ring (bicyclic) bond motifs is 1. The molecule has 1 aromatic carbocycles. The molecule has 4 rings (SSSR count). The molecule has 0 spiro atoms. The van der Waals surface area contributed by atoms with Crippen LogP contribution in [0.3, 0.4) is 0 Å². The molecule has 228 valence electrons. The van der Waals surface area contributed by atoms with Gasteiger partial charge in [-0.3, -0.25) is 4.79 Å². The first kappa shape index (κ1) is 31.8. The van der Waals surface area contributed by atoms with Crippen molar-refractivity contribution in [2.24, 2.45) is 11.8 Å². The molecule has 1 atom stereocenters. The molecular formula is C33H48N4O4Si. The molecule has 2 heterocycles. The number of hydrogen-bond acceptors (Lipinski definition) is 5. The van der Waals surface area contributed by atoms with Gasteiger partial charge in [-0.2, -0.15) is 0 Å². The predicted molar refractivity (Wildman–Crippen MR) is 172 cm³/mol. The molecule has 9 heteroatoms. The molecule has 42 heavy (non-hydrogen) atoms. The van der Waals surface area contributed by atoms with Gasteiger partial charge in [0, 0.05) is 38.2 Å². The summed E-state index contributed by atoms with van der Waals surface area (Å²) >= 11 is 0. The number of pyridine rings is 1. The van der Waals surface area contributed by atoms with E-state index >= 15 is 0 Å². The molecule has 0 saturated heterocycles. The second-order valence-electron chi connectivity index (χ2n) is 13.8. The Kier molecular flexibility index (Phi) is 10.1. The van der Waals surface area contributed by atoms with Crippen molar-refractivity contribution in [3.63, 3.8) is 0 Å². The van der Waals surface area contributed by atoms with E-state index in [9.17, 15) is 9.59 Å². The van der Waals surface area contributed by atoms with Gasteiger partial charge in [-0.05, 0) is 83.0 Å². The summed E-state index contributed by atoms with van der Waals surface area (Å²) in [6.45, 7) is 15.8. The third kappa shape index (κ3) is 8.67. The highest BCUT2D eigenvalue weighted by molar-refractivity contribution is 6.76. The quantitative estimate of drug-likeness (QED) is 0.186. The van der Waals surface area contributed by atoms with Crippen LogP contribution in [0, 0.1) is 11.8 Å². The fourth-order valence-electron chi connectivity index (χ4n) is 5.50. The van der Waals surface area contributed by atoms with Crippen LogP contribution >= 0.6 is 0 Å². The van der Waals surface area contributed by atoms with Crippen LogP contribution in [0.4, 0.5) is 10.5 Å². The maximum Gasteiger partial charge on any atom is 0.407 e. The van der Waals surface area contributed by atoms with E-state index in [-0.39, 0.29) is 24.0 Å². The summed E-state index contributed by atoms with van der Waals surface area (Å²) < 4.78 is 13.7. The van der Waals surface area contributed by atoms with Gasteiger partial charge in [0.15, 0.2) is 0 Å². The molecule has 2 amide bonds. The summed E-state index contributed by atoms with van der Waals surface area (Å²) in [5, 5.41) is 7.10. The highest BCUT2D eigenvalue weighted by Crippen LogP contribution is 2.34. The zero-order valence-corrected chi connectivity index (χ0v) is 27.3. The molecule has 1 unspecified atom stereocenters. The number of carbonyl (C=O) groups excluding carboxylic acids is 2. The van der Waals surface area contributed by atoms with Crippen molar-refractivity contribution in [2.45, 2.75) is 97.4 Å². The lowest BCUT2D eigenvalue weighted by Crippen LogP contribution is -2.42. The molecule has 0 aliphatic heterocycles. The average molecular weight is 593 g/mol. The SMILES string of the molecule is CC(NC(=O)OC(C)(C)C)[C@H]1CC[C@H](C(=O)Nc2ccnc3c2cc(-c2ccccc2)n3COCC[Si](C)(C)C)CC1. The van der Waals surface area contributed by atoms with Crippen LogP contribution in [0.1, 0.15) is 53.4 Å². The van der Waals surface area contributed by atoms with Crippen molar-refractivity contribution in [1.29, 1.82) is 0 Å². The number of ether oxygens (including phenoxy) is 2. The van der Waals surface area contributed by atoms with E-state index in [1.54, 1.807) is 6.20 Å². The first-order valence-electron chi connectivity index (χ1n) is 15.2. The van der Waals surface area contributed by atoms with Gasteiger partial charge >= 0.3 is 6.09 Å². The molecule has 1 aliphatic carbocycles. The highest BCUT2D eigenvalue weighted by atomic mass is 28.3. The van der Waals surface area contributed by atoms with Crippen molar-refractivity contribution in [3.05, 3.63) is 48.7 Å². The molecule has 0 radical (unpaired) electrons. The Balaban J connectivity index is 1.44. The summed E-state index contributed by atoms with van der Waals surface area (Å²) in [5.41, 5.74) is 3.13. The largest absolute Gasteiger partial charge is 0.444 e. The standard InChI is InChI=1S/C33H48N4O4Si/c1-23(35-32(39)41-33(2,3)4)24-13-15-26(16-14-24)31(38)36-28-17-18-34-30-27(28)21-29(25-11-9-8-10-12-25)37(30)22-40-19-20-42(5,6)7/h8-12,17-18,21,23-24,26H,13-16,19-20,22H2,1-7H3,(H,35,39)(H,34,36,38)/t23?,24-,26-. The molecule has 8 nitrogen and oxygen atoms in total. The second-order valence-corrected chi connectivity index (χ2v) is 19.4. The van der Waals surface area contributed by atoms with Crippen LogP contribution < -0.4 is 10.6 Å². The smallest absolute Gasteiger partial charge is 0.407 e. The van der Waals surface area contributed by atoms with Gasteiger partial charge in [-0.15, -0.1) is 0 Å². The van der Waals surface area contributed by atoms with E-state index in [0.717, 1.165) is 59.7 Å². The van der Waals surface area contributed by atoms with Crippen molar-refractivity contribution in [2.75, 3.05) is 11.9 Å². The Morgan fingerprint density at radius 2 is 1.76 bits per heavy atom. The number of amides is 2. The van der Waals surface area contributed by atoms with Crippen LogP contribution in [0.5, 0.6) is 0 Å². The van der Waals surface area contributed by atoms with Gasteiger partial charge in [-0.1, -0.05) is 50.0 Å². The number of rotatable bonds is 10. The van der Waals surface area contributed by atoms with E-state index < -0.39 is 13.7 Å². The number of nitrogens with one attached hydrogen (secondary N) is 2. The fraction of sp³-hybridized carbons (Fsp3) is 0.545. The average Bonchev–Trinajstić information content (AvgIpc) is 3.29. The van der Waals surface area contributed by atoms with E-state index in [4.69, 9.17) is 14.5 Å². The summed E-state index contributed by atoms with van der Waals surface area (Å²) in [4.78, 5) is 30.4. The number of nitrogens with zero attached hydrogens (tertiary/aromatic N) is 2. The van der Waals surface area contributed by atoms with Gasteiger partial charge in [-0.25, -0.2) is 9.78 Å². The molecule has 2 aromatic heterocycles. The van der Waals surface area contributed by atoms with E-state index in [2.05, 4.69) is 53.0 Å². The molecule has 1 saturated carbocycles. The van der Waals surface area contributed by atoms with Gasteiger partial charge in [0.25, 0.3) is 0 Å². The first-order chi connectivity index (χ1) is 19.8. The Hall–Kier alpha value is -3.17. The van der Waals surface area contributed by atoms with Gasteiger partial charge in [0.05, 0.1) is 11.4 Å². The van der Waals surface area contributed by atoms with Crippen molar-refractivity contribution in [1.82, 2.24) is 14.9 Å². The number of alkyl carbamates (subject to hydrolysis) is 1. The van der Waals surface area contributed by atoms with Gasteiger partial charge in [0.1, 0.15) is 18.0 Å². The number of anilines is 1. The summed E-state index contributed by atoms with van der Waals surface area (Å²) in [6, 6.07) is 15.3. The third-order valence-corrected chi connectivity index (χ3v) is 9.64. The maximum absolute atomic E-state index is 13.4. The molecule has 3 aromatic rings. The minimum absolute atomic E-state index is 0.00665. The van der Waals surface area contributed by atoms with Gasteiger partial charge in [0.2, 0.25) is 5.91 Å². The molecule has 1 fully saturated rings. The number of aromatic nitrogens is 2. The van der Waals surface area contributed by atoms with Crippen molar-refractivity contribution < 1.29 is 19.1 Å². The number of hydrogen-bond donors (Lipinski definition) is 2. The van der Waals surface area contributed by atoms with Crippen LogP contribution in [0.2, 0.25) is 25.7 Å². The van der Waals surface area contributed by atoms with Crippen LogP contribution in [-0.2, 0) is 21.0 Å². The molecule has 0 bridgehead atoms.